The predicted octanol–water partition coefficient (Wildman–Crippen LogP) is 4.93. The number of carbonyl (C=O) groups is 1. The van der Waals surface area contributed by atoms with Crippen LogP contribution in [0.15, 0.2) is 72.9 Å². The number of halogens is 2. The van der Waals surface area contributed by atoms with Crippen LogP contribution in [-0.2, 0) is 6.54 Å². The van der Waals surface area contributed by atoms with Crippen LogP contribution in [0.25, 0.3) is 33.4 Å². The van der Waals surface area contributed by atoms with E-state index in [4.69, 9.17) is 22.6 Å². The first-order chi connectivity index (χ1) is 17.9. The van der Waals surface area contributed by atoms with Gasteiger partial charge in [0.05, 0.1) is 34.2 Å². The average Bonchev–Trinajstić information content (AvgIpc) is 2.92. The van der Waals surface area contributed by atoms with E-state index < -0.39 is 11.7 Å². The van der Waals surface area contributed by atoms with Gasteiger partial charge in [-0.2, -0.15) is 5.26 Å². The standard InChI is InChI=1S/C27H17ClFN7O/c28-21-12-17(11-16-3-2-10-32-22(16)21)24-23(15-6-8-18(29)9-7-15)36-26(31)25(35-24)27(37)33-14-20-5-1-4-19(13-30)34-20/h1-12H,14H2,(H2,31,36)(H,33,37). The quantitative estimate of drug-likeness (QED) is 0.343. The summed E-state index contributed by atoms with van der Waals surface area (Å²) < 4.78 is 13.6. The van der Waals surface area contributed by atoms with Gasteiger partial charge in [0.1, 0.15) is 17.6 Å². The van der Waals surface area contributed by atoms with Crippen molar-refractivity contribution in [3.05, 3.63) is 101 Å². The molecule has 3 aromatic heterocycles. The Morgan fingerprint density at radius 2 is 1.78 bits per heavy atom. The van der Waals surface area contributed by atoms with E-state index in [2.05, 4.69) is 25.3 Å². The van der Waals surface area contributed by atoms with Crippen LogP contribution in [0, 0.1) is 17.1 Å². The number of aromatic nitrogens is 4. The molecule has 0 saturated carbocycles. The zero-order valence-corrected chi connectivity index (χ0v) is 19.9. The number of nitrogen functional groups attached to an aromatic ring is 1. The van der Waals surface area contributed by atoms with Crippen LogP contribution >= 0.6 is 11.6 Å². The third-order valence-corrected chi connectivity index (χ3v) is 5.83. The summed E-state index contributed by atoms with van der Waals surface area (Å²) in [6.07, 6.45) is 1.64. The first-order valence-electron chi connectivity index (χ1n) is 11.1. The highest BCUT2D eigenvalue weighted by Crippen LogP contribution is 2.35. The van der Waals surface area contributed by atoms with Gasteiger partial charge in [-0.3, -0.25) is 9.78 Å². The number of anilines is 1. The molecule has 5 rings (SSSR count). The topological polar surface area (TPSA) is 130 Å². The molecule has 0 bridgehead atoms. The molecule has 1 amide bonds. The molecule has 3 N–H and O–H groups in total. The van der Waals surface area contributed by atoms with Crippen molar-refractivity contribution in [1.29, 1.82) is 5.26 Å². The average molecular weight is 510 g/mol. The Hall–Kier alpha value is -4.94. The molecule has 3 heterocycles. The Morgan fingerprint density at radius 3 is 2.57 bits per heavy atom. The minimum atomic E-state index is -0.574. The van der Waals surface area contributed by atoms with Gasteiger partial charge in [-0.15, -0.1) is 0 Å². The first-order valence-corrected chi connectivity index (χ1v) is 11.4. The van der Waals surface area contributed by atoms with E-state index in [9.17, 15) is 9.18 Å². The largest absolute Gasteiger partial charge is 0.382 e. The van der Waals surface area contributed by atoms with E-state index in [1.165, 1.54) is 12.1 Å². The van der Waals surface area contributed by atoms with Gasteiger partial charge in [0.25, 0.3) is 5.91 Å². The first kappa shape index (κ1) is 23.8. The molecule has 180 valence electrons. The summed E-state index contributed by atoms with van der Waals surface area (Å²) >= 11 is 6.51. The van der Waals surface area contributed by atoms with E-state index in [1.807, 2.05) is 18.2 Å². The number of fused-ring (bicyclic) bond motifs is 1. The second kappa shape index (κ2) is 9.97. The Kier molecular flexibility index (Phi) is 6.41. The second-order valence-corrected chi connectivity index (χ2v) is 8.41. The van der Waals surface area contributed by atoms with Gasteiger partial charge in [0.15, 0.2) is 11.5 Å². The van der Waals surface area contributed by atoms with Crippen molar-refractivity contribution in [3.8, 4) is 28.6 Å². The lowest BCUT2D eigenvalue weighted by Crippen LogP contribution is -2.26. The summed E-state index contributed by atoms with van der Waals surface area (Å²) in [6, 6.07) is 19.8. The lowest BCUT2D eigenvalue weighted by atomic mass is 10.0. The maximum absolute atomic E-state index is 13.6. The van der Waals surface area contributed by atoms with E-state index >= 15 is 0 Å². The van der Waals surface area contributed by atoms with Gasteiger partial charge in [-0.1, -0.05) is 23.7 Å². The van der Waals surface area contributed by atoms with E-state index in [0.29, 0.717) is 38.7 Å². The van der Waals surface area contributed by atoms with Gasteiger partial charge in [-0.25, -0.2) is 19.3 Å². The molecule has 2 aromatic carbocycles. The molecule has 0 aliphatic carbocycles. The molecule has 0 saturated heterocycles. The minimum absolute atomic E-state index is 0.0536. The van der Waals surface area contributed by atoms with Crippen LogP contribution < -0.4 is 11.1 Å². The molecule has 5 aromatic rings. The highest BCUT2D eigenvalue weighted by atomic mass is 35.5. The molecule has 10 heteroatoms. The normalized spacial score (nSPS) is 10.7. The fraction of sp³-hybridized carbons (Fsp3) is 0.0370. The lowest BCUT2D eigenvalue weighted by Gasteiger charge is -2.14. The van der Waals surface area contributed by atoms with Crippen molar-refractivity contribution in [2.45, 2.75) is 6.54 Å². The van der Waals surface area contributed by atoms with Gasteiger partial charge < -0.3 is 11.1 Å². The highest BCUT2D eigenvalue weighted by Gasteiger charge is 2.21. The third kappa shape index (κ3) is 4.91. The molecule has 0 atom stereocenters. The number of nitrogens with one attached hydrogen (secondary N) is 1. The summed E-state index contributed by atoms with van der Waals surface area (Å²) in [7, 11) is 0. The maximum atomic E-state index is 13.6. The summed E-state index contributed by atoms with van der Waals surface area (Å²) in [5.74, 6) is -1.08. The molecule has 0 radical (unpaired) electrons. The van der Waals surface area contributed by atoms with Gasteiger partial charge >= 0.3 is 0 Å². The van der Waals surface area contributed by atoms with Crippen molar-refractivity contribution in [2.24, 2.45) is 0 Å². The Bertz CT molecular complexity index is 1700. The highest BCUT2D eigenvalue weighted by molar-refractivity contribution is 6.35. The van der Waals surface area contributed by atoms with Crippen LogP contribution in [0.5, 0.6) is 0 Å². The maximum Gasteiger partial charge on any atom is 0.274 e. The van der Waals surface area contributed by atoms with Crippen LogP contribution in [0.1, 0.15) is 21.9 Å². The van der Waals surface area contributed by atoms with Crippen LogP contribution in [-0.4, -0.2) is 25.8 Å². The molecule has 0 unspecified atom stereocenters. The SMILES string of the molecule is N#Cc1cccc(CNC(=O)c2nc(-c3cc(Cl)c4ncccc4c3)c(-c3ccc(F)cc3)nc2N)n1. The summed E-state index contributed by atoms with van der Waals surface area (Å²) in [5, 5.41) is 12.9. The molecule has 0 fully saturated rings. The van der Waals surface area contributed by atoms with Crippen molar-refractivity contribution in [2.75, 3.05) is 5.73 Å². The molecule has 37 heavy (non-hydrogen) atoms. The van der Waals surface area contributed by atoms with Crippen LogP contribution in [0.3, 0.4) is 0 Å². The number of hydrogen-bond donors (Lipinski definition) is 2. The lowest BCUT2D eigenvalue weighted by molar-refractivity contribution is 0.0946. The number of nitrogens with zero attached hydrogens (tertiary/aromatic N) is 5. The van der Waals surface area contributed by atoms with Crippen molar-refractivity contribution in [3.63, 3.8) is 0 Å². The van der Waals surface area contributed by atoms with Gasteiger partial charge in [-0.05, 0) is 54.6 Å². The summed E-state index contributed by atoms with van der Waals surface area (Å²) in [5.41, 5.74) is 9.25. The van der Waals surface area contributed by atoms with E-state index in [0.717, 1.165) is 5.39 Å². The van der Waals surface area contributed by atoms with Gasteiger partial charge in [0, 0.05) is 22.7 Å². The monoisotopic (exact) mass is 509 g/mol. The second-order valence-electron chi connectivity index (χ2n) is 8.00. The van der Waals surface area contributed by atoms with Crippen molar-refractivity contribution in [1.82, 2.24) is 25.3 Å². The zero-order valence-electron chi connectivity index (χ0n) is 19.1. The molecular formula is C27H17ClFN7O. The fourth-order valence-corrected chi connectivity index (χ4v) is 4.08. The summed E-state index contributed by atoms with van der Waals surface area (Å²) in [6.45, 7) is 0.0536. The molecule has 0 aliphatic rings. The smallest absolute Gasteiger partial charge is 0.274 e. The van der Waals surface area contributed by atoms with E-state index in [-0.39, 0.29) is 23.8 Å². The predicted molar refractivity (Wildman–Crippen MR) is 138 cm³/mol. The molecule has 0 aliphatic heterocycles. The van der Waals surface area contributed by atoms with Crippen LogP contribution in [0.2, 0.25) is 5.02 Å². The Labute approximate surface area is 215 Å². The van der Waals surface area contributed by atoms with Gasteiger partial charge in [0.2, 0.25) is 0 Å². The zero-order chi connectivity index (χ0) is 25.9. The number of nitrogens with two attached hydrogens (primary N) is 1. The molecule has 0 spiro atoms. The number of carbonyl (C=O) groups excluding carboxylic acids is 1. The number of benzene rings is 2. The minimum Gasteiger partial charge on any atom is -0.382 e. The Balaban J connectivity index is 1.59. The number of pyridine rings is 2. The third-order valence-electron chi connectivity index (χ3n) is 5.54. The number of amides is 1. The van der Waals surface area contributed by atoms with Crippen LogP contribution in [0.4, 0.5) is 10.2 Å². The number of rotatable bonds is 5. The van der Waals surface area contributed by atoms with E-state index in [1.54, 1.807) is 48.7 Å². The summed E-state index contributed by atoms with van der Waals surface area (Å²) in [4.78, 5) is 30.6. The fourth-order valence-electron chi connectivity index (χ4n) is 3.81. The number of nitriles is 1. The van der Waals surface area contributed by atoms with Crippen molar-refractivity contribution >= 4 is 34.2 Å². The Morgan fingerprint density at radius 1 is 1.00 bits per heavy atom. The molecular weight excluding hydrogens is 493 g/mol. The molecule has 8 nitrogen and oxygen atoms in total. The van der Waals surface area contributed by atoms with Crippen molar-refractivity contribution < 1.29 is 9.18 Å². The number of hydrogen-bond acceptors (Lipinski definition) is 7.